The minimum Gasteiger partial charge on any atom is -0.497 e. The van der Waals surface area contributed by atoms with Crippen molar-refractivity contribution in [3.8, 4) is 11.5 Å². The number of rotatable bonds is 20. The first-order chi connectivity index (χ1) is 27.0. The third kappa shape index (κ3) is 13.5. The van der Waals surface area contributed by atoms with Crippen molar-refractivity contribution in [3.05, 3.63) is 150 Å². The topological polar surface area (TPSA) is 75.7 Å². The monoisotopic (exact) mass is 793 g/mol. The lowest BCUT2D eigenvalue weighted by Crippen LogP contribution is -2.45. The number of nitrogens with zero attached hydrogens (tertiary/aromatic N) is 1. The van der Waals surface area contributed by atoms with Gasteiger partial charge in [-0.2, -0.15) is 0 Å². The van der Waals surface area contributed by atoms with E-state index in [0.717, 1.165) is 33.6 Å². The minimum absolute atomic E-state index is 0.0937. The number of carbonyl (C=O) groups excluding carboxylic acids is 1. The predicted octanol–water partition coefficient (Wildman–Crippen LogP) is 11.8. The summed E-state index contributed by atoms with van der Waals surface area (Å²) in [5.74, 6) is 0.883. The Balaban J connectivity index is 1.94. The summed E-state index contributed by atoms with van der Waals surface area (Å²) in [6, 6.07) is 31.9. The lowest BCUT2D eigenvalue weighted by molar-refractivity contribution is 0.0578. The first kappa shape index (κ1) is 45.0. The lowest BCUT2D eigenvalue weighted by Gasteiger charge is -2.41. The quantitative estimate of drug-likeness (QED) is 0.0651. The van der Waals surface area contributed by atoms with E-state index in [1.54, 1.807) is 18.1 Å². The van der Waals surface area contributed by atoms with Gasteiger partial charge in [-0.1, -0.05) is 106 Å². The van der Waals surface area contributed by atoms with Gasteiger partial charge >= 0.3 is 6.09 Å². The number of benzene rings is 4. The average molecular weight is 794 g/mol. The van der Waals surface area contributed by atoms with Crippen molar-refractivity contribution >= 4 is 20.1 Å². The summed E-state index contributed by atoms with van der Waals surface area (Å²) < 4.78 is 38.3. The Bertz CT molecular complexity index is 1870. The fourth-order valence-corrected chi connectivity index (χ4v) is 7.25. The van der Waals surface area contributed by atoms with Crippen molar-refractivity contribution in [1.29, 1.82) is 0 Å². The fourth-order valence-electron chi connectivity index (χ4n) is 5.96. The van der Waals surface area contributed by atoms with Gasteiger partial charge in [0.25, 0.3) is 0 Å². The van der Waals surface area contributed by atoms with Crippen LogP contribution in [0.4, 0.5) is 10.5 Å². The van der Waals surface area contributed by atoms with Gasteiger partial charge in [0.05, 0.1) is 45.3 Å². The molecule has 0 saturated carbocycles. The molecule has 306 valence electrons. The van der Waals surface area contributed by atoms with Gasteiger partial charge in [-0.15, -0.1) is 13.2 Å². The molecule has 1 amide bonds. The second kappa shape index (κ2) is 20.7. The van der Waals surface area contributed by atoms with Gasteiger partial charge in [0, 0.05) is 18.0 Å². The summed E-state index contributed by atoms with van der Waals surface area (Å²) >= 11 is 0. The molecule has 0 unspecified atom stereocenters. The van der Waals surface area contributed by atoms with E-state index in [0.29, 0.717) is 24.7 Å². The Morgan fingerprint density at radius 2 is 1.32 bits per heavy atom. The number of hydrogen-bond donors (Lipinski definition) is 0. The molecule has 0 aliphatic carbocycles. The van der Waals surface area contributed by atoms with Crippen LogP contribution in [0.1, 0.15) is 75.3 Å². The van der Waals surface area contributed by atoms with Gasteiger partial charge in [-0.3, -0.25) is 4.90 Å². The van der Waals surface area contributed by atoms with Crippen molar-refractivity contribution in [2.45, 2.75) is 104 Å². The second-order valence-electron chi connectivity index (χ2n) is 16.7. The van der Waals surface area contributed by atoms with E-state index in [-0.39, 0.29) is 31.4 Å². The van der Waals surface area contributed by atoms with Crippen molar-refractivity contribution in [2.24, 2.45) is 0 Å². The van der Waals surface area contributed by atoms with E-state index in [1.165, 1.54) is 0 Å². The molecular weight excluding hydrogens is 731 g/mol. The number of methoxy groups -OCH3 is 1. The fraction of sp³-hybridized carbons (Fsp3) is 0.396. The molecule has 4 rings (SSSR count). The SMILES string of the molecule is C=CCN(C(=O)OC(C)(C)C)c1cc(COCc2ccccc2)cc(OCc2ccccc2)c1[C@H](COCc1ccc(OC)cc1)[C@H](C=C)O[Si](C)(C)C(C)(C)C. The van der Waals surface area contributed by atoms with Crippen LogP contribution in [0.2, 0.25) is 18.1 Å². The van der Waals surface area contributed by atoms with Crippen LogP contribution in [0.5, 0.6) is 11.5 Å². The van der Waals surface area contributed by atoms with Gasteiger partial charge in [-0.05, 0) is 85.4 Å². The molecular formula is C48H63NO7Si. The summed E-state index contributed by atoms with van der Waals surface area (Å²) in [5.41, 5.74) is 4.45. The molecule has 0 aliphatic rings. The Morgan fingerprint density at radius 1 is 0.754 bits per heavy atom. The standard InChI is InChI=1S/C48H63NO7Si/c1-12-28-49(46(50)55-47(3,4)5)42-29-39(33-52-31-36-20-16-14-17-21-36)30-44(54-34-37-22-18-15-19-23-37)45(42)41(43(13-2)56-57(10,11)48(6,7)8)35-53-32-38-24-26-40(51-9)27-25-38/h12-27,29-30,41,43H,1-2,28,31-35H2,3-11H3/t41-,43+/m1/s1. The molecule has 0 aromatic heterocycles. The van der Waals surface area contributed by atoms with Crippen molar-refractivity contribution in [1.82, 2.24) is 0 Å². The highest BCUT2D eigenvalue weighted by Gasteiger charge is 2.42. The molecule has 0 saturated heterocycles. The number of anilines is 1. The second-order valence-corrected chi connectivity index (χ2v) is 21.5. The van der Waals surface area contributed by atoms with E-state index >= 15 is 0 Å². The Hall–Kier alpha value is -4.67. The molecule has 2 atom stereocenters. The maximum absolute atomic E-state index is 14.3. The summed E-state index contributed by atoms with van der Waals surface area (Å²) in [4.78, 5) is 15.9. The number of carbonyl (C=O) groups is 1. The molecule has 9 heteroatoms. The van der Waals surface area contributed by atoms with E-state index in [9.17, 15) is 4.79 Å². The zero-order valence-electron chi connectivity index (χ0n) is 35.5. The van der Waals surface area contributed by atoms with Crippen LogP contribution in [-0.4, -0.2) is 46.4 Å². The van der Waals surface area contributed by atoms with Crippen LogP contribution in [0.25, 0.3) is 0 Å². The molecule has 0 heterocycles. The van der Waals surface area contributed by atoms with Crippen molar-refractivity contribution in [2.75, 3.05) is 25.2 Å². The van der Waals surface area contributed by atoms with Crippen LogP contribution < -0.4 is 14.4 Å². The van der Waals surface area contributed by atoms with Crippen molar-refractivity contribution < 1.29 is 32.9 Å². The number of amides is 1. The summed E-state index contributed by atoms with van der Waals surface area (Å²) in [5, 5.41) is -0.0937. The Kier molecular flexibility index (Phi) is 16.3. The minimum atomic E-state index is -2.38. The highest BCUT2D eigenvalue weighted by Crippen LogP contribution is 2.45. The molecule has 0 aliphatic heterocycles. The molecule has 0 fully saturated rings. The molecule has 57 heavy (non-hydrogen) atoms. The summed E-state index contributed by atoms with van der Waals surface area (Å²) in [7, 11) is -0.734. The molecule has 0 radical (unpaired) electrons. The summed E-state index contributed by atoms with van der Waals surface area (Å²) in [6.07, 6.45) is 2.53. The zero-order valence-corrected chi connectivity index (χ0v) is 36.5. The van der Waals surface area contributed by atoms with Gasteiger partial charge in [0.1, 0.15) is 23.7 Å². The van der Waals surface area contributed by atoms with Crippen LogP contribution in [0.15, 0.2) is 122 Å². The van der Waals surface area contributed by atoms with E-state index in [4.69, 9.17) is 28.1 Å². The molecule has 8 nitrogen and oxygen atoms in total. The van der Waals surface area contributed by atoms with Gasteiger partial charge < -0.3 is 28.1 Å². The smallest absolute Gasteiger partial charge is 0.415 e. The molecule has 0 spiro atoms. The average Bonchev–Trinajstić information content (AvgIpc) is 3.17. The van der Waals surface area contributed by atoms with Crippen molar-refractivity contribution in [3.63, 3.8) is 0 Å². The zero-order chi connectivity index (χ0) is 41.6. The molecule has 4 aromatic rings. The maximum Gasteiger partial charge on any atom is 0.415 e. The molecule has 4 aromatic carbocycles. The highest BCUT2D eigenvalue weighted by molar-refractivity contribution is 6.74. The van der Waals surface area contributed by atoms with Crippen LogP contribution >= 0.6 is 0 Å². The number of ether oxygens (including phenoxy) is 5. The molecule has 0 bridgehead atoms. The van der Waals surface area contributed by atoms with E-state index in [2.05, 4.69) is 47.0 Å². The highest BCUT2D eigenvalue weighted by atomic mass is 28.4. The normalized spacial score (nSPS) is 13.0. The molecule has 0 N–H and O–H groups in total. The summed E-state index contributed by atoms with van der Waals surface area (Å²) in [6.45, 7) is 26.7. The predicted molar refractivity (Wildman–Crippen MR) is 234 cm³/mol. The third-order valence-corrected chi connectivity index (χ3v) is 14.4. The van der Waals surface area contributed by atoms with Gasteiger partial charge in [-0.25, -0.2) is 4.79 Å². The first-order valence-electron chi connectivity index (χ1n) is 19.6. The first-order valence-corrected chi connectivity index (χ1v) is 22.5. The van der Waals surface area contributed by atoms with Crippen LogP contribution in [0, 0.1) is 0 Å². The number of hydrogen-bond acceptors (Lipinski definition) is 7. The van der Waals surface area contributed by atoms with Gasteiger partial charge in [0.2, 0.25) is 0 Å². The Labute approximate surface area is 342 Å². The lowest BCUT2D eigenvalue weighted by atomic mass is 9.89. The van der Waals surface area contributed by atoms with E-state index < -0.39 is 32.0 Å². The van der Waals surface area contributed by atoms with Crippen LogP contribution in [0.3, 0.4) is 0 Å². The Morgan fingerprint density at radius 3 is 1.86 bits per heavy atom. The van der Waals surface area contributed by atoms with Crippen LogP contribution in [-0.2, 0) is 45.1 Å². The van der Waals surface area contributed by atoms with Gasteiger partial charge in [0.15, 0.2) is 8.32 Å². The maximum atomic E-state index is 14.3. The third-order valence-electron chi connectivity index (χ3n) is 9.98. The largest absolute Gasteiger partial charge is 0.497 e. The van der Waals surface area contributed by atoms with E-state index in [1.807, 2.05) is 124 Å².